The van der Waals surface area contributed by atoms with E-state index >= 15 is 0 Å². The molecule has 0 saturated carbocycles. The Bertz CT molecular complexity index is 764. The van der Waals surface area contributed by atoms with Crippen LogP contribution in [0.2, 0.25) is 0 Å². The molecule has 2 fully saturated rings. The molecule has 2 heterocycles. The van der Waals surface area contributed by atoms with Crippen molar-refractivity contribution in [2.45, 2.75) is 32.1 Å². The first-order valence-electron chi connectivity index (χ1n) is 10.3. The highest BCUT2D eigenvalue weighted by molar-refractivity contribution is 14.0. The molecule has 0 radical (unpaired) electrons. The van der Waals surface area contributed by atoms with Crippen LogP contribution in [-0.4, -0.2) is 69.6 Å². The Kier molecular flexibility index (Phi) is 9.21. The van der Waals surface area contributed by atoms with Gasteiger partial charge in [0.25, 0.3) is 0 Å². The van der Waals surface area contributed by atoms with Crippen LogP contribution in [0.5, 0.6) is 0 Å². The summed E-state index contributed by atoms with van der Waals surface area (Å²) in [7, 11) is -1.21. The van der Waals surface area contributed by atoms with Gasteiger partial charge in [0, 0.05) is 39.8 Å². The minimum atomic E-state index is -3.06. The largest absolute Gasteiger partial charge is 0.356 e. The van der Waals surface area contributed by atoms with Crippen molar-refractivity contribution in [3.63, 3.8) is 0 Å². The molecule has 1 N–H and O–H groups in total. The van der Waals surface area contributed by atoms with Gasteiger partial charge in [0.1, 0.15) is 0 Å². The summed E-state index contributed by atoms with van der Waals surface area (Å²) in [6, 6.07) is 10.8. The van der Waals surface area contributed by atoms with Gasteiger partial charge in [0.05, 0.1) is 6.26 Å². The SMILES string of the molecule is CN=C(NCC1CCN(S(C)(=O)=O)CC1)N1CCC(c2ccccc2)C(C)C1.I. The fourth-order valence-electron chi connectivity index (χ4n) is 4.55. The van der Waals surface area contributed by atoms with Crippen molar-refractivity contribution in [3.05, 3.63) is 35.9 Å². The number of hydrogen-bond acceptors (Lipinski definition) is 3. The summed E-state index contributed by atoms with van der Waals surface area (Å²) < 4.78 is 24.9. The molecular formula is C21H35IN4O2S. The fourth-order valence-corrected chi connectivity index (χ4v) is 5.42. The van der Waals surface area contributed by atoms with E-state index in [-0.39, 0.29) is 24.0 Å². The molecule has 0 amide bonds. The van der Waals surface area contributed by atoms with Gasteiger partial charge in [0.2, 0.25) is 10.0 Å². The van der Waals surface area contributed by atoms with Crippen molar-refractivity contribution in [1.29, 1.82) is 0 Å². The second kappa shape index (κ2) is 10.9. The average molecular weight is 535 g/mol. The number of halogens is 1. The fraction of sp³-hybridized carbons (Fsp3) is 0.667. The van der Waals surface area contributed by atoms with E-state index in [2.05, 4.69) is 52.5 Å². The van der Waals surface area contributed by atoms with Gasteiger partial charge < -0.3 is 10.2 Å². The maximum Gasteiger partial charge on any atom is 0.211 e. The summed E-state index contributed by atoms with van der Waals surface area (Å²) in [5.41, 5.74) is 1.44. The molecule has 6 nitrogen and oxygen atoms in total. The normalized spacial score (nSPS) is 24.8. The lowest BCUT2D eigenvalue weighted by molar-refractivity contribution is 0.230. The zero-order valence-electron chi connectivity index (χ0n) is 17.8. The van der Waals surface area contributed by atoms with Gasteiger partial charge in [-0.1, -0.05) is 37.3 Å². The van der Waals surface area contributed by atoms with Crippen LogP contribution in [0.15, 0.2) is 35.3 Å². The molecule has 0 bridgehead atoms. The van der Waals surface area contributed by atoms with Gasteiger partial charge in [-0.2, -0.15) is 0 Å². The van der Waals surface area contributed by atoms with Crippen LogP contribution >= 0.6 is 24.0 Å². The highest BCUT2D eigenvalue weighted by Gasteiger charge is 2.29. The summed E-state index contributed by atoms with van der Waals surface area (Å²) in [5, 5.41) is 3.55. The Morgan fingerprint density at radius 3 is 2.34 bits per heavy atom. The smallest absolute Gasteiger partial charge is 0.211 e. The zero-order valence-corrected chi connectivity index (χ0v) is 20.9. The maximum absolute atomic E-state index is 11.7. The Morgan fingerprint density at radius 1 is 1.14 bits per heavy atom. The maximum atomic E-state index is 11.7. The van der Waals surface area contributed by atoms with Crippen LogP contribution in [0.4, 0.5) is 0 Å². The topological polar surface area (TPSA) is 65.0 Å². The van der Waals surface area contributed by atoms with E-state index in [0.29, 0.717) is 30.8 Å². The average Bonchev–Trinajstić information content (AvgIpc) is 2.69. The Hall–Kier alpha value is -0.870. The quantitative estimate of drug-likeness (QED) is 0.367. The first-order valence-corrected chi connectivity index (χ1v) is 12.2. The minimum absolute atomic E-state index is 0. The number of guanidine groups is 1. The first kappa shape index (κ1) is 24.4. The van der Waals surface area contributed by atoms with E-state index in [1.165, 1.54) is 11.8 Å². The molecule has 3 rings (SSSR count). The molecule has 2 unspecified atom stereocenters. The molecule has 8 heteroatoms. The van der Waals surface area contributed by atoms with Crippen LogP contribution in [0, 0.1) is 11.8 Å². The Labute approximate surface area is 193 Å². The van der Waals surface area contributed by atoms with Crippen LogP contribution < -0.4 is 5.32 Å². The zero-order chi connectivity index (χ0) is 20.1. The summed E-state index contributed by atoms with van der Waals surface area (Å²) >= 11 is 0. The lowest BCUT2D eigenvalue weighted by Crippen LogP contribution is -2.49. The van der Waals surface area contributed by atoms with Gasteiger partial charge >= 0.3 is 0 Å². The number of likely N-dealkylation sites (tertiary alicyclic amines) is 1. The summed E-state index contributed by atoms with van der Waals surface area (Å²) in [5.74, 6) is 2.65. The number of sulfonamides is 1. The first-order chi connectivity index (χ1) is 13.4. The van der Waals surface area contributed by atoms with Gasteiger partial charge in [0.15, 0.2) is 5.96 Å². The Balaban J connectivity index is 0.00000300. The van der Waals surface area contributed by atoms with Crippen molar-refractivity contribution in [1.82, 2.24) is 14.5 Å². The molecule has 2 atom stereocenters. The number of aliphatic imine (C=N–C) groups is 1. The number of piperidine rings is 2. The number of nitrogens with one attached hydrogen (secondary N) is 1. The molecule has 1 aromatic rings. The molecule has 2 aliphatic rings. The van der Waals surface area contributed by atoms with E-state index in [4.69, 9.17) is 0 Å². The van der Waals surface area contributed by atoms with Gasteiger partial charge in [-0.25, -0.2) is 12.7 Å². The minimum Gasteiger partial charge on any atom is -0.356 e. The van der Waals surface area contributed by atoms with Crippen LogP contribution in [0.1, 0.15) is 37.7 Å². The highest BCUT2D eigenvalue weighted by atomic mass is 127. The van der Waals surface area contributed by atoms with E-state index in [1.807, 2.05) is 7.05 Å². The highest BCUT2D eigenvalue weighted by Crippen LogP contribution is 2.32. The lowest BCUT2D eigenvalue weighted by atomic mass is 9.82. The monoisotopic (exact) mass is 534 g/mol. The summed E-state index contributed by atoms with van der Waals surface area (Å²) in [6.45, 7) is 6.46. The second-order valence-corrected chi connectivity index (χ2v) is 10.2. The molecule has 29 heavy (non-hydrogen) atoms. The van der Waals surface area contributed by atoms with E-state index in [9.17, 15) is 8.42 Å². The third kappa shape index (κ3) is 6.55. The number of nitrogens with zero attached hydrogens (tertiary/aromatic N) is 3. The molecule has 0 aromatic heterocycles. The molecular weight excluding hydrogens is 499 g/mol. The van der Waals surface area contributed by atoms with E-state index in [0.717, 1.165) is 44.9 Å². The summed E-state index contributed by atoms with van der Waals surface area (Å²) in [6.07, 6.45) is 4.25. The number of rotatable bonds is 4. The van der Waals surface area contributed by atoms with Crippen molar-refractivity contribution in [3.8, 4) is 0 Å². The third-order valence-electron chi connectivity index (χ3n) is 6.24. The van der Waals surface area contributed by atoms with Crippen molar-refractivity contribution in [2.75, 3.05) is 46.0 Å². The van der Waals surface area contributed by atoms with Crippen molar-refractivity contribution < 1.29 is 8.42 Å². The molecule has 0 aliphatic carbocycles. The molecule has 2 aliphatic heterocycles. The van der Waals surface area contributed by atoms with Gasteiger partial charge in [-0.05, 0) is 42.6 Å². The number of benzene rings is 1. The summed E-state index contributed by atoms with van der Waals surface area (Å²) in [4.78, 5) is 6.88. The van der Waals surface area contributed by atoms with Crippen LogP contribution in [0.3, 0.4) is 0 Å². The Morgan fingerprint density at radius 2 is 1.79 bits per heavy atom. The van der Waals surface area contributed by atoms with Crippen LogP contribution in [-0.2, 0) is 10.0 Å². The predicted octanol–water partition coefficient (Wildman–Crippen LogP) is 2.98. The van der Waals surface area contributed by atoms with Crippen LogP contribution in [0.25, 0.3) is 0 Å². The second-order valence-electron chi connectivity index (χ2n) is 8.26. The van der Waals surface area contributed by atoms with E-state index < -0.39 is 10.0 Å². The predicted molar refractivity (Wildman–Crippen MR) is 130 cm³/mol. The van der Waals surface area contributed by atoms with Crippen molar-refractivity contribution in [2.24, 2.45) is 16.8 Å². The number of hydrogen-bond donors (Lipinski definition) is 1. The van der Waals surface area contributed by atoms with Gasteiger partial charge in [-0.15, -0.1) is 24.0 Å². The molecule has 1 aromatic carbocycles. The standard InChI is InChI=1S/C21H34N4O2S.HI/c1-17-16-24(12-11-20(17)19-7-5-4-6-8-19)21(22-2)23-15-18-9-13-25(14-10-18)28(3,26)27;/h4-8,17-18,20H,9-16H2,1-3H3,(H,22,23);1H. The van der Waals surface area contributed by atoms with Gasteiger partial charge in [-0.3, -0.25) is 4.99 Å². The molecule has 0 spiro atoms. The third-order valence-corrected chi connectivity index (χ3v) is 7.54. The van der Waals surface area contributed by atoms with E-state index in [1.54, 1.807) is 4.31 Å². The lowest BCUT2D eigenvalue weighted by Gasteiger charge is -2.39. The van der Waals surface area contributed by atoms with Crippen molar-refractivity contribution >= 4 is 40.0 Å². The molecule has 164 valence electrons. The molecule has 2 saturated heterocycles.